The highest BCUT2D eigenvalue weighted by Crippen LogP contribution is 2.32. The summed E-state index contributed by atoms with van der Waals surface area (Å²) in [6, 6.07) is 15.2. The molecule has 4 rings (SSSR count). The summed E-state index contributed by atoms with van der Waals surface area (Å²) in [6.45, 7) is 1.53. The summed E-state index contributed by atoms with van der Waals surface area (Å²) in [7, 11) is -4.36. The molecule has 1 heterocycles. The lowest BCUT2D eigenvalue weighted by Gasteiger charge is -2.30. The SMILES string of the molecule is C[C@H](C(=O)NCc1ccc(C2CSN=N2)cc1)N(c1cc(Cl)ccc1F)S(=O)(=O)c1ccc(Cl)cc1. The van der Waals surface area contributed by atoms with Gasteiger partial charge in [-0.1, -0.05) is 47.5 Å². The predicted molar refractivity (Wildman–Crippen MR) is 140 cm³/mol. The van der Waals surface area contributed by atoms with E-state index in [1.807, 2.05) is 24.3 Å². The molecule has 1 N–H and O–H groups in total. The number of nitrogens with zero attached hydrogens (tertiary/aromatic N) is 3. The molecule has 188 valence electrons. The van der Waals surface area contributed by atoms with Gasteiger partial charge in [-0.05, 0) is 72.5 Å². The van der Waals surface area contributed by atoms with Gasteiger partial charge in [0.15, 0.2) is 0 Å². The van der Waals surface area contributed by atoms with Crippen LogP contribution < -0.4 is 9.62 Å². The van der Waals surface area contributed by atoms with E-state index in [0.29, 0.717) is 5.02 Å². The van der Waals surface area contributed by atoms with Crippen LogP contribution in [0.4, 0.5) is 10.1 Å². The zero-order valence-corrected chi connectivity index (χ0v) is 22.1. The molecule has 0 saturated heterocycles. The molecule has 0 aliphatic carbocycles. The van der Waals surface area contributed by atoms with Crippen LogP contribution in [0.1, 0.15) is 24.1 Å². The first kappa shape index (κ1) is 26.4. The van der Waals surface area contributed by atoms with Gasteiger partial charge in [-0.15, -0.1) is 4.52 Å². The van der Waals surface area contributed by atoms with Crippen LogP contribution in [0.5, 0.6) is 0 Å². The average molecular weight is 567 g/mol. The Morgan fingerprint density at radius 3 is 2.42 bits per heavy atom. The molecule has 0 bridgehead atoms. The highest BCUT2D eigenvalue weighted by atomic mass is 35.5. The van der Waals surface area contributed by atoms with E-state index in [4.69, 9.17) is 23.2 Å². The predicted octanol–water partition coefficient (Wildman–Crippen LogP) is 6.19. The third-order valence-corrected chi connectivity index (χ3v) is 8.62. The first-order valence-corrected chi connectivity index (χ1v) is 13.9. The minimum absolute atomic E-state index is 0.0119. The average Bonchev–Trinajstić information content (AvgIpc) is 3.40. The van der Waals surface area contributed by atoms with E-state index in [0.717, 1.165) is 27.3 Å². The number of halogens is 3. The quantitative estimate of drug-likeness (QED) is 0.329. The van der Waals surface area contributed by atoms with Crippen molar-refractivity contribution in [2.24, 2.45) is 9.63 Å². The molecule has 36 heavy (non-hydrogen) atoms. The highest BCUT2D eigenvalue weighted by molar-refractivity contribution is 7.98. The maximum absolute atomic E-state index is 14.8. The Bertz CT molecular complexity index is 1390. The Morgan fingerprint density at radius 1 is 1.11 bits per heavy atom. The smallest absolute Gasteiger partial charge is 0.265 e. The minimum atomic E-state index is -4.36. The topological polar surface area (TPSA) is 91.2 Å². The van der Waals surface area contributed by atoms with Gasteiger partial charge in [-0.3, -0.25) is 9.10 Å². The van der Waals surface area contributed by atoms with E-state index in [2.05, 4.69) is 15.0 Å². The Balaban J connectivity index is 1.58. The first-order chi connectivity index (χ1) is 17.2. The molecule has 1 aliphatic rings. The largest absolute Gasteiger partial charge is 0.350 e. The number of rotatable bonds is 8. The van der Waals surface area contributed by atoms with Gasteiger partial charge in [-0.2, -0.15) is 5.11 Å². The van der Waals surface area contributed by atoms with E-state index < -0.39 is 27.8 Å². The van der Waals surface area contributed by atoms with Gasteiger partial charge in [0.05, 0.1) is 10.6 Å². The van der Waals surface area contributed by atoms with Crippen molar-refractivity contribution in [3.05, 3.63) is 93.7 Å². The van der Waals surface area contributed by atoms with E-state index in [1.54, 1.807) is 0 Å². The normalized spacial score (nSPS) is 16.1. The van der Waals surface area contributed by atoms with Crippen molar-refractivity contribution in [2.75, 3.05) is 10.1 Å². The van der Waals surface area contributed by atoms with E-state index >= 15 is 0 Å². The van der Waals surface area contributed by atoms with Crippen molar-refractivity contribution in [3.8, 4) is 0 Å². The number of hydrogen-bond donors (Lipinski definition) is 1. The molecule has 0 radical (unpaired) electrons. The molecule has 7 nitrogen and oxygen atoms in total. The summed E-state index contributed by atoms with van der Waals surface area (Å²) >= 11 is 13.4. The molecule has 1 amide bonds. The second-order valence-corrected chi connectivity index (χ2v) is 11.4. The Labute approximate surface area is 222 Å². The summed E-state index contributed by atoms with van der Waals surface area (Å²) < 4.78 is 46.6. The molecular formula is C24H21Cl2FN4O3S2. The number of nitrogens with one attached hydrogen (secondary N) is 1. The van der Waals surface area contributed by atoms with Crippen molar-refractivity contribution in [1.82, 2.24) is 5.32 Å². The fourth-order valence-electron chi connectivity index (χ4n) is 3.61. The molecule has 0 saturated carbocycles. The standard InChI is InChI=1S/C24H21Cl2FN4O3S2/c1-15(24(32)28-13-16-2-4-17(5-3-16)22-14-35-30-29-22)31(23-12-19(26)8-11-21(23)27)36(33,34)20-9-6-18(25)7-10-20/h2-12,15,22H,13-14H2,1H3,(H,28,32)/t15-,22?/m1/s1. The van der Waals surface area contributed by atoms with Crippen molar-refractivity contribution < 1.29 is 17.6 Å². The molecule has 1 aliphatic heterocycles. The zero-order chi connectivity index (χ0) is 25.9. The summed E-state index contributed by atoms with van der Waals surface area (Å²) in [5.41, 5.74) is 1.49. The molecular weight excluding hydrogens is 546 g/mol. The summed E-state index contributed by atoms with van der Waals surface area (Å²) in [5.74, 6) is -0.669. The van der Waals surface area contributed by atoms with Crippen molar-refractivity contribution in [1.29, 1.82) is 0 Å². The van der Waals surface area contributed by atoms with Crippen LogP contribution >= 0.6 is 35.1 Å². The number of amides is 1. The number of carbonyl (C=O) groups is 1. The van der Waals surface area contributed by atoms with Crippen LogP contribution in [0.25, 0.3) is 0 Å². The fraction of sp³-hybridized carbons (Fsp3) is 0.208. The molecule has 2 atom stereocenters. The van der Waals surface area contributed by atoms with Gasteiger partial charge in [-0.25, -0.2) is 12.8 Å². The molecule has 0 spiro atoms. The van der Waals surface area contributed by atoms with Gasteiger partial charge in [0, 0.05) is 22.3 Å². The van der Waals surface area contributed by atoms with Crippen LogP contribution in [0.3, 0.4) is 0 Å². The van der Waals surface area contributed by atoms with Gasteiger partial charge < -0.3 is 5.32 Å². The monoisotopic (exact) mass is 566 g/mol. The lowest BCUT2D eigenvalue weighted by atomic mass is 10.1. The lowest BCUT2D eigenvalue weighted by Crippen LogP contribution is -2.48. The maximum atomic E-state index is 14.8. The third-order valence-electron chi connectivity index (χ3n) is 5.56. The van der Waals surface area contributed by atoms with E-state index in [9.17, 15) is 17.6 Å². The molecule has 0 fully saturated rings. The Morgan fingerprint density at radius 2 is 1.78 bits per heavy atom. The van der Waals surface area contributed by atoms with Gasteiger partial charge in [0.25, 0.3) is 10.0 Å². The molecule has 0 aromatic heterocycles. The highest BCUT2D eigenvalue weighted by Gasteiger charge is 2.35. The minimum Gasteiger partial charge on any atom is -0.350 e. The van der Waals surface area contributed by atoms with E-state index in [1.165, 1.54) is 55.3 Å². The van der Waals surface area contributed by atoms with Gasteiger partial charge in [0.2, 0.25) is 5.91 Å². The van der Waals surface area contributed by atoms with Crippen LogP contribution in [0.2, 0.25) is 10.0 Å². The molecule has 12 heteroatoms. The van der Waals surface area contributed by atoms with Crippen molar-refractivity contribution >= 4 is 56.8 Å². The first-order valence-electron chi connectivity index (χ1n) is 10.8. The molecule has 3 aromatic rings. The molecule has 1 unspecified atom stereocenters. The summed E-state index contributed by atoms with van der Waals surface area (Å²) in [4.78, 5) is 13.0. The zero-order valence-electron chi connectivity index (χ0n) is 18.9. The van der Waals surface area contributed by atoms with Gasteiger partial charge >= 0.3 is 0 Å². The summed E-state index contributed by atoms with van der Waals surface area (Å²) in [5, 5.41) is 7.35. The number of hydrogen-bond acceptors (Lipinski definition) is 6. The van der Waals surface area contributed by atoms with Crippen LogP contribution in [-0.4, -0.2) is 26.1 Å². The van der Waals surface area contributed by atoms with Crippen molar-refractivity contribution in [3.63, 3.8) is 0 Å². The second-order valence-electron chi connectivity index (χ2n) is 7.99. The Hall–Kier alpha value is -2.66. The number of benzene rings is 3. The fourth-order valence-corrected chi connectivity index (χ4v) is 6.17. The van der Waals surface area contributed by atoms with E-state index in [-0.39, 0.29) is 28.2 Å². The van der Waals surface area contributed by atoms with Crippen LogP contribution in [0.15, 0.2) is 81.3 Å². The van der Waals surface area contributed by atoms with Crippen LogP contribution in [-0.2, 0) is 21.4 Å². The lowest BCUT2D eigenvalue weighted by molar-refractivity contribution is -0.122. The Kier molecular flexibility index (Phi) is 8.19. The second kappa shape index (κ2) is 11.2. The summed E-state index contributed by atoms with van der Waals surface area (Å²) in [6.07, 6.45) is 0. The number of carbonyl (C=O) groups excluding carboxylic acids is 1. The number of sulfonamides is 1. The van der Waals surface area contributed by atoms with Gasteiger partial charge in [0.1, 0.15) is 17.9 Å². The third kappa shape index (κ3) is 5.83. The maximum Gasteiger partial charge on any atom is 0.265 e. The van der Waals surface area contributed by atoms with Crippen molar-refractivity contribution in [2.45, 2.75) is 30.4 Å². The van der Waals surface area contributed by atoms with Crippen LogP contribution in [0, 0.1) is 5.82 Å². The number of anilines is 1. The molecule has 3 aromatic carbocycles.